The van der Waals surface area contributed by atoms with Crippen LogP contribution in [-0.2, 0) is 18.3 Å². The predicted molar refractivity (Wildman–Crippen MR) is 169 cm³/mol. The first-order valence-electron chi connectivity index (χ1n) is 13.8. The summed E-state index contributed by atoms with van der Waals surface area (Å²) in [5.41, 5.74) is -0.160. The number of terminal acetylenes is 1. The standard InChI is InChI=1S/C26H23ClF4N4.C5H10.C3H4/c1-2-3-6-11-25(23-10-9-20(27)16-32-23,18-12-19(26(29,30)31)14-21(28)13-18)35-24-33-15-17-7-4-5-8-22(17)34-24;1-3-5-4-2;1-3-2/h2-5,7-10,12-14,16H,6,11,15H2,1H3,(H2,33,34,35);3,5H,4H2,1-2H3;1H,2H3/b3-2-;5-3-;. The van der Waals surface area contributed by atoms with Gasteiger partial charge in [0.25, 0.3) is 0 Å². The average molecular weight is 613 g/mol. The minimum Gasteiger partial charge on any atom is -0.341 e. The Morgan fingerprint density at radius 2 is 1.72 bits per heavy atom. The van der Waals surface area contributed by atoms with E-state index in [0.717, 1.165) is 29.8 Å². The number of nitrogens with one attached hydrogen (secondary N) is 2. The average Bonchev–Trinajstić information content (AvgIpc) is 2.97. The molecule has 0 fully saturated rings. The zero-order chi connectivity index (χ0) is 31.9. The third kappa shape index (κ3) is 10.3. The molecule has 1 aromatic heterocycles. The fraction of sp³-hybridized carbons (Fsp3) is 0.294. The van der Waals surface area contributed by atoms with E-state index in [2.05, 4.69) is 52.0 Å². The van der Waals surface area contributed by atoms with Crippen molar-refractivity contribution in [2.24, 2.45) is 4.99 Å². The highest BCUT2D eigenvalue weighted by atomic mass is 35.5. The number of guanidine groups is 1. The maximum absolute atomic E-state index is 14.6. The molecule has 3 aromatic rings. The quantitative estimate of drug-likeness (QED) is 0.159. The summed E-state index contributed by atoms with van der Waals surface area (Å²) in [6.45, 7) is 8.04. The van der Waals surface area contributed by atoms with E-state index in [4.69, 9.17) is 11.6 Å². The van der Waals surface area contributed by atoms with Crippen LogP contribution in [0.5, 0.6) is 0 Å². The summed E-state index contributed by atoms with van der Waals surface area (Å²) in [6.07, 6.45) is 11.1. The molecule has 2 heterocycles. The van der Waals surface area contributed by atoms with Crippen LogP contribution in [0.1, 0.15) is 69.3 Å². The number of para-hydroxylation sites is 1. The zero-order valence-electron chi connectivity index (χ0n) is 24.8. The van der Waals surface area contributed by atoms with Gasteiger partial charge in [-0.15, -0.1) is 12.3 Å². The number of aromatic nitrogens is 1. The second kappa shape index (κ2) is 17.1. The van der Waals surface area contributed by atoms with Gasteiger partial charge >= 0.3 is 6.18 Å². The molecule has 1 aliphatic rings. The number of alkyl halides is 3. The maximum Gasteiger partial charge on any atom is 0.416 e. The molecule has 0 saturated heterocycles. The Labute approximate surface area is 257 Å². The number of benzene rings is 2. The van der Waals surface area contributed by atoms with Crippen LogP contribution in [0.15, 0.2) is 90.1 Å². The molecule has 2 aromatic carbocycles. The van der Waals surface area contributed by atoms with Crippen LogP contribution in [0.25, 0.3) is 0 Å². The number of anilines is 1. The highest BCUT2D eigenvalue weighted by Gasteiger charge is 2.40. The summed E-state index contributed by atoms with van der Waals surface area (Å²) in [7, 11) is 0. The van der Waals surface area contributed by atoms with Gasteiger partial charge in [-0.1, -0.05) is 61.0 Å². The van der Waals surface area contributed by atoms with E-state index in [1.807, 2.05) is 50.3 Å². The lowest BCUT2D eigenvalue weighted by Gasteiger charge is -2.37. The van der Waals surface area contributed by atoms with Gasteiger partial charge in [-0.05, 0) is 87.6 Å². The van der Waals surface area contributed by atoms with E-state index < -0.39 is 23.1 Å². The van der Waals surface area contributed by atoms with Crippen LogP contribution >= 0.6 is 11.6 Å². The minimum absolute atomic E-state index is 0.0764. The third-order valence-corrected chi connectivity index (χ3v) is 6.51. The van der Waals surface area contributed by atoms with E-state index in [1.165, 1.54) is 6.20 Å². The summed E-state index contributed by atoms with van der Waals surface area (Å²) in [5, 5.41) is 6.87. The summed E-state index contributed by atoms with van der Waals surface area (Å²) < 4.78 is 55.6. The fourth-order valence-corrected chi connectivity index (χ4v) is 4.45. The molecule has 4 nitrogen and oxygen atoms in total. The molecule has 1 atom stereocenters. The van der Waals surface area contributed by atoms with Crippen molar-refractivity contribution in [2.45, 2.75) is 65.2 Å². The number of hydrogen-bond donors (Lipinski definition) is 2. The lowest BCUT2D eigenvalue weighted by molar-refractivity contribution is -0.137. The van der Waals surface area contributed by atoms with Crippen molar-refractivity contribution in [3.05, 3.63) is 118 Å². The highest BCUT2D eigenvalue weighted by Crippen LogP contribution is 2.39. The number of nitrogens with zero attached hydrogens (tertiary/aromatic N) is 2. The van der Waals surface area contributed by atoms with E-state index >= 15 is 0 Å². The molecule has 2 N–H and O–H groups in total. The molecule has 0 aliphatic carbocycles. The van der Waals surface area contributed by atoms with Crippen LogP contribution < -0.4 is 10.6 Å². The smallest absolute Gasteiger partial charge is 0.341 e. The normalized spacial score (nSPS) is 13.7. The van der Waals surface area contributed by atoms with Crippen LogP contribution in [-0.4, -0.2) is 10.9 Å². The van der Waals surface area contributed by atoms with Crippen molar-refractivity contribution < 1.29 is 17.6 Å². The van der Waals surface area contributed by atoms with Crippen molar-refractivity contribution in [3.8, 4) is 12.3 Å². The molecule has 1 unspecified atom stereocenters. The molecule has 228 valence electrons. The molecule has 0 spiro atoms. The number of allylic oxidation sites excluding steroid dienone is 4. The SMILES string of the molecule is C#CC.C/C=C\CC.C/C=C\CCC(NC1=NCc2ccccc2N1)(c1cc(F)cc(C(F)(F)F)c1)c1ccc(Cl)cn1. The lowest BCUT2D eigenvalue weighted by atomic mass is 9.81. The molecule has 0 bridgehead atoms. The summed E-state index contributed by atoms with van der Waals surface area (Å²) in [5.74, 6) is 1.60. The Morgan fingerprint density at radius 3 is 2.30 bits per heavy atom. The van der Waals surface area contributed by atoms with Gasteiger partial charge < -0.3 is 10.6 Å². The molecule has 4 rings (SSSR count). The van der Waals surface area contributed by atoms with E-state index in [0.29, 0.717) is 35.7 Å². The Bertz CT molecular complexity index is 1440. The number of halogens is 5. The van der Waals surface area contributed by atoms with Gasteiger partial charge in [0.1, 0.15) is 11.4 Å². The summed E-state index contributed by atoms with van der Waals surface area (Å²) >= 11 is 6.05. The van der Waals surface area contributed by atoms with Gasteiger partial charge in [0.05, 0.1) is 22.8 Å². The fourth-order valence-electron chi connectivity index (χ4n) is 4.33. The van der Waals surface area contributed by atoms with E-state index in [9.17, 15) is 17.6 Å². The summed E-state index contributed by atoms with van der Waals surface area (Å²) in [6, 6.07) is 13.4. The Hall–Kier alpha value is -4.09. The van der Waals surface area contributed by atoms with Gasteiger partial charge in [-0.3, -0.25) is 4.98 Å². The number of fused-ring (bicyclic) bond motifs is 1. The number of rotatable bonds is 7. The van der Waals surface area contributed by atoms with Gasteiger partial charge in [0.15, 0.2) is 5.96 Å². The molecule has 1 aliphatic heterocycles. The van der Waals surface area contributed by atoms with E-state index in [-0.39, 0.29) is 12.0 Å². The molecular weight excluding hydrogens is 576 g/mol. The van der Waals surface area contributed by atoms with E-state index in [1.54, 1.807) is 19.1 Å². The zero-order valence-corrected chi connectivity index (χ0v) is 25.5. The first-order chi connectivity index (χ1) is 20.5. The molecular formula is C34H37ClF4N4. The second-order valence-electron chi connectivity index (χ2n) is 9.44. The van der Waals surface area contributed by atoms with Crippen molar-refractivity contribution in [3.63, 3.8) is 0 Å². The van der Waals surface area contributed by atoms with Crippen LogP contribution in [0.2, 0.25) is 5.02 Å². The molecule has 9 heteroatoms. The van der Waals surface area contributed by atoms with Gasteiger partial charge in [-0.2, -0.15) is 13.2 Å². The Kier molecular flexibility index (Phi) is 14.0. The third-order valence-electron chi connectivity index (χ3n) is 6.29. The molecule has 0 amide bonds. The maximum atomic E-state index is 14.6. The van der Waals surface area contributed by atoms with Crippen LogP contribution in [0, 0.1) is 18.2 Å². The van der Waals surface area contributed by atoms with Crippen LogP contribution in [0.3, 0.4) is 0 Å². The largest absolute Gasteiger partial charge is 0.416 e. The number of hydrogen-bond acceptors (Lipinski definition) is 4. The lowest BCUT2D eigenvalue weighted by Crippen LogP contribution is -2.50. The predicted octanol–water partition coefficient (Wildman–Crippen LogP) is 9.68. The van der Waals surface area contributed by atoms with Crippen molar-refractivity contribution in [2.75, 3.05) is 5.32 Å². The summed E-state index contributed by atoms with van der Waals surface area (Å²) in [4.78, 5) is 8.98. The first kappa shape index (κ1) is 35.1. The Balaban J connectivity index is 0.000000719. The second-order valence-corrected chi connectivity index (χ2v) is 9.88. The van der Waals surface area contributed by atoms with Gasteiger partial charge in [0.2, 0.25) is 0 Å². The molecule has 43 heavy (non-hydrogen) atoms. The number of pyridine rings is 1. The molecule has 0 radical (unpaired) electrons. The first-order valence-corrected chi connectivity index (χ1v) is 14.2. The van der Waals surface area contributed by atoms with Crippen LogP contribution in [0.4, 0.5) is 23.2 Å². The van der Waals surface area contributed by atoms with Crippen molar-refractivity contribution in [1.82, 2.24) is 10.3 Å². The molecule has 0 saturated carbocycles. The van der Waals surface area contributed by atoms with Gasteiger partial charge in [0, 0.05) is 11.9 Å². The number of aliphatic imine (C=N–C) groups is 1. The minimum atomic E-state index is -4.72. The van der Waals surface area contributed by atoms with Crippen molar-refractivity contribution in [1.29, 1.82) is 0 Å². The monoisotopic (exact) mass is 612 g/mol. The highest BCUT2D eigenvalue weighted by molar-refractivity contribution is 6.30. The van der Waals surface area contributed by atoms with Gasteiger partial charge in [-0.25, -0.2) is 9.38 Å². The van der Waals surface area contributed by atoms with Crippen molar-refractivity contribution >= 4 is 23.2 Å². The topological polar surface area (TPSA) is 49.3 Å². The Morgan fingerprint density at radius 1 is 1.05 bits per heavy atom.